The van der Waals surface area contributed by atoms with E-state index in [0.29, 0.717) is 0 Å². The van der Waals surface area contributed by atoms with Gasteiger partial charge in [0.1, 0.15) is 0 Å². The maximum Gasteiger partial charge on any atom is 0.252 e. The Balaban J connectivity index is 1.19. The van der Waals surface area contributed by atoms with E-state index >= 15 is 0 Å². The van der Waals surface area contributed by atoms with Gasteiger partial charge in [0.15, 0.2) is 0 Å². The minimum Gasteiger partial charge on any atom is -0.310 e. The summed E-state index contributed by atoms with van der Waals surface area (Å²) >= 11 is 0. The standard InChI is InChI=1S/C91H97BN2/c1-83(2,3)51-31-36-76-65(40-51)66-42-57(89(19,20)21)47-74-79(66)93(76)81-69(62-35-34-59(60-27-25-26-28-61(60)62)50-37-54(86(10,11)12)39-55(38-50)87(13,14)15)49-73-82-77(81)92(74)75-48-58(90(22,23)24)43-68-67-41-56(88(16,17)18)46-72(78(67)94(82)80(68)75)91(73)70-44-52(84(4,5)6)29-32-63(70)64-33-30-53(45-71(64)91)85(7,8)9/h25-49H,1-24H3. The molecule has 0 radical (unpaired) electrons. The second-order valence-electron chi connectivity index (χ2n) is 37.5. The van der Waals surface area contributed by atoms with Crippen molar-refractivity contribution >= 4 is 77.5 Å². The molecule has 1 aliphatic carbocycles. The molecule has 3 heteroatoms. The lowest BCUT2D eigenvalue weighted by molar-refractivity contribution is 0.569. The Bertz CT molecular complexity index is 5280. The van der Waals surface area contributed by atoms with Crippen molar-refractivity contribution < 1.29 is 0 Å². The van der Waals surface area contributed by atoms with E-state index < -0.39 is 5.41 Å². The van der Waals surface area contributed by atoms with Crippen LogP contribution in [0.15, 0.2) is 152 Å². The number of aromatic nitrogens is 2. The quantitative estimate of drug-likeness (QED) is 0.153. The summed E-state index contributed by atoms with van der Waals surface area (Å²) in [5.41, 5.74) is 34.9. The highest BCUT2D eigenvalue weighted by atomic mass is 15.1. The third-order valence-electron chi connectivity index (χ3n) is 22.9. The molecule has 0 saturated carbocycles. The Morgan fingerprint density at radius 1 is 0.266 bits per heavy atom. The van der Waals surface area contributed by atoms with E-state index in [1.54, 1.807) is 0 Å². The molecule has 12 aromatic rings. The Morgan fingerprint density at radius 2 is 0.649 bits per heavy atom. The number of benzene rings is 10. The highest BCUT2D eigenvalue weighted by Crippen LogP contribution is 2.64. The van der Waals surface area contributed by atoms with E-state index in [-0.39, 0.29) is 50.0 Å². The number of hydrogen-bond donors (Lipinski definition) is 0. The van der Waals surface area contributed by atoms with Crippen molar-refractivity contribution in [3.8, 4) is 44.8 Å². The zero-order valence-corrected chi connectivity index (χ0v) is 60.9. The third-order valence-corrected chi connectivity index (χ3v) is 22.9. The van der Waals surface area contributed by atoms with Gasteiger partial charge in [-0.2, -0.15) is 0 Å². The average Bonchev–Trinajstić information content (AvgIpc) is 1.42. The van der Waals surface area contributed by atoms with Crippen LogP contribution in [0.5, 0.6) is 0 Å². The van der Waals surface area contributed by atoms with Crippen LogP contribution in [0.25, 0.3) is 99.1 Å². The van der Waals surface area contributed by atoms with Gasteiger partial charge in [0, 0.05) is 43.8 Å². The molecule has 2 aromatic heterocycles. The largest absolute Gasteiger partial charge is 0.310 e. The molecule has 0 N–H and O–H groups in total. The van der Waals surface area contributed by atoms with Crippen LogP contribution in [0.4, 0.5) is 0 Å². The van der Waals surface area contributed by atoms with Crippen molar-refractivity contribution in [3.63, 3.8) is 0 Å². The molecule has 3 aliphatic heterocycles. The summed E-state index contributed by atoms with van der Waals surface area (Å²) in [6.45, 7) is 57.6. The summed E-state index contributed by atoms with van der Waals surface area (Å²) in [6, 6.07) is 63.5. The third kappa shape index (κ3) is 8.40. The highest BCUT2D eigenvalue weighted by Gasteiger charge is 2.56. The first kappa shape index (κ1) is 61.0. The molecule has 10 aromatic carbocycles. The Morgan fingerprint density at radius 3 is 1.15 bits per heavy atom. The van der Waals surface area contributed by atoms with Crippen LogP contribution in [0.1, 0.15) is 233 Å². The molecular weight excluding hydrogens is 1130 g/mol. The zero-order chi connectivity index (χ0) is 67.0. The van der Waals surface area contributed by atoms with Crippen molar-refractivity contribution in [1.82, 2.24) is 9.13 Å². The number of fused-ring (bicyclic) bond motifs is 15. The molecular formula is C91H97BN2. The predicted octanol–water partition coefficient (Wildman–Crippen LogP) is 22.6. The summed E-state index contributed by atoms with van der Waals surface area (Å²) < 4.78 is 5.67. The fourth-order valence-corrected chi connectivity index (χ4v) is 17.3. The smallest absolute Gasteiger partial charge is 0.252 e. The molecule has 4 aliphatic rings. The van der Waals surface area contributed by atoms with Gasteiger partial charge in [0.2, 0.25) is 0 Å². The average molecular weight is 1230 g/mol. The molecule has 0 saturated heterocycles. The van der Waals surface area contributed by atoms with Crippen LogP contribution in [0, 0.1) is 0 Å². The van der Waals surface area contributed by atoms with E-state index in [0.717, 1.165) is 0 Å². The van der Waals surface area contributed by atoms with Crippen LogP contribution in [-0.4, -0.2) is 15.8 Å². The van der Waals surface area contributed by atoms with Gasteiger partial charge in [-0.1, -0.05) is 281 Å². The molecule has 0 bridgehead atoms. The fraction of sp³-hybridized carbons (Fsp3) is 0.363. The zero-order valence-electron chi connectivity index (χ0n) is 60.9. The van der Waals surface area contributed by atoms with Crippen LogP contribution in [0.3, 0.4) is 0 Å². The van der Waals surface area contributed by atoms with Crippen molar-refractivity contribution in [2.45, 2.75) is 215 Å². The van der Waals surface area contributed by atoms with E-state index in [1.807, 2.05) is 0 Å². The molecule has 474 valence electrons. The highest BCUT2D eigenvalue weighted by molar-refractivity contribution is 7.00. The normalized spacial score (nSPS) is 15.1. The van der Waals surface area contributed by atoms with Crippen LogP contribution >= 0.6 is 0 Å². The maximum atomic E-state index is 2.86. The molecule has 16 rings (SSSR count). The van der Waals surface area contributed by atoms with Crippen LogP contribution < -0.4 is 16.4 Å². The number of nitrogens with zero attached hydrogens (tertiary/aromatic N) is 2. The van der Waals surface area contributed by atoms with Gasteiger partial charge in [-0.3, -0.25) is 0 Å². The predicted molar refractivity (Wildman–Crippen MR) is 409 cm³/mol. The summed E-state index contributed by atoms with van der Waals surface area (Å²) in [7, 11) is 0. The van der Waals surface area contributed by atoms with Crippen molar-refractivity contribution in [1.29, 1.82) is 0 Å². The van der Waals surface area contributed by atoms with Gasteiger partial charge in [-0.15, -0.1) is 0 Å². The summed E-state index contributed by atoms with van der Waals surface area (Å²) in [5, 5.41) is 7.94. The number of hydrogen-bond acceptors (Lipinski definition) is 0. The molecule has 2 nitrogen and oxygen atoms in total. The van der Waals surface area contributed by atoms with E-state index in [2.05, 4.69) is 327 Å². The first-order valence-corrected chi connectivity index (χ1v) is 35.2. The summed E-state index contributed by atoms with van der Waals surface area (Å²) in [4.78, 5) is 0. The van der Waals surface area contributed by atoms with Gasteiger partial charge in [0.25, 0.3) is 6.71 Å². The Kier molecular flexibility index (Phi) is 12.2. The Labute approximate surface area is 561 Å². The number of rotatable bonds is 2. The van der Waals surface area contributed by atoms with Gasteiger partial charge in [0.05, 0.1) is 22.1 Å². The fourth-order valence-electron chi connectivity index (χ4n) is 17.3. The van der Waals surface area contributed by atoms with Gasteiger partial charge >= 0.3 is 0 Å². The van der Waals surface area contributed by atoms with Gasteiger partial charge in [-0.25, -0.2) is 0 Å². The van der Waals surface area contributed by atoms with E-state index in [4.69, 9.17) is 0 Å². The lowest BCUT2D eigenvalue weighted by Gasteiger charge is -2.45. The Hall–Kier alpha value is -7.88. The first-order chi connectivity index (χ1) is 43.7. The van der Waals surface area contributed by atoms with E-state index in [1.165, 1.54) is 182 Å². The van der Waals surface area contributed by atoms with Crippen molar-refractivity contribution in [3.05, 3.63) is 218 Å². The first-order valence-electron chi connectivity index (χ1n) is 35.2. The van der Waals surface area contributed by atoms with E-state index in [9.17, 15) is 0 Å². The SMILES string of the molecule is CC(C)(C)c1cc(-c2ccc(-c3cc4c5c6c3-n3c7ccc(C(C)(C)C)cc7c7cc(C(C)(C)C)cc(c73)B6c3cc(C(C)(C)C)cc6c7cc(C(C)(C)C)cc(c7n-5c36)C43c4cc(C(C)(C)C)ccc4-c4ccc(C(C)(C)C)cc43)c3ccccc23)cc(C(C)(C)C)c1. The summed E-state index contributed by atoms with van der Waals surface area (Å²) in [6.07, 6.45) is 0. The molecule has 94 heavy (non-hydrogen) atoms. The van der Waals surface area contributed by atoms with Crippen LogP contribution in [0.2, 0.25) is 0 Å². The van der Waals surface area contributed by atoms with Crippen molar-refractivity contribution in [2.75, 3.05) is 0 Å². The lowest BCUT2D eigenvalue weighted by Crippen LogP contribution is -2.61. The monoisotopic (exact) mass is 1230 g/mol. The topological polar surface area (TPSA) is 9.86 Å². The van der Waals surface area contributed by atoms with Crippen LogP contribution in [-0.2, 0) is 48.7 Å². The lowest BCUT2D eigenvalue weighted by atomic mass is 9.33. The second-order valence-corrected chi connectivity index (χ2v) is 37.5. The molecule has 0 fully saturated rings. The minimum atomic E-state index is -0.749. The van der Waals surface area contributed by atoms with Crippen molar-refractivity contribution in [2.24, 2.45) is 0 Å². The maximum absolute atomic E-state index is 2.86. The van der Waals surface area contributed by atoms with Gasteiger partial charge in [-0.05, 0) is 201 Å². The molecule has 5 heterocycles. The minimum absolute atomic E-state index is 0.0396. The molecule has 0 amide bonds. The molecule has 0 unspecified atom stereocenters. The molecule has 0 atom stereocenters. The van der Waals surface area contributed by atoms with Gasteiger partial charge < -0.3 is 9.13 Å². The second kappa shape index (κ2) is 18.8. The summed E-state index contributed by atoms with van der Waals surface area (Å²) in [5.74, 6) is 0. The molecule has 1 spiro atoms.